The van der Waals surface area contributed by atoms with Crippen molar-refractivity contribution in [2.75, 3.05) is 0 Å². The first-order valence-corrected chi connectivity index (χ1v) is 10.5. The molecule has 4 bridgehead atoms. The van der Waals surface area contributed by atoms with E-state index in [4.69, 9.17) is 0 Å². The summed E-state index contributed by atoms with van der Waals surface area (Å²) in [6.07, 6.45) is 15.3. The highest BCUT2D eigenvalue weighted by atomic mass is 14.5. The summed E-state index contributed by atoms with van der Waals surface area (Å²) in [5.74, 6) is 8.76. The molecule has 6 saturated carbocycles. The maximum absolute atomic E-state index is 2.44. The second kappa shape index (κ2) is 9.63. The number of hydrogen-bond acceptors (Lipinski definition) is 0. The highest BCUT2D eigenvalue weighted by Crippen LogP contribution is 2.51. The van der Waals surface area contributed by atoms with E-state index < -0.39 is 0 Å². The van der Waals surface area contributed by atoms with Crippen molar-refractivity contribution in [2.24, 2.45) is 47.3 Å². The van der Waals surface area contributed by atoms with E-state index in [1.54, 1.807) is 38.5 Å². The van der Waals surface area contributed by atoms with Gasteiger partial charge in [0.25, 0.3) is 0 Å². The predicted octanol–water partition coefficient (Wildman–Crippen LogP) is 8.21. The lowest BCUT2D eigenvalue weighted by Gasteiger charge is -2.49. The van der Waals surface area contributed by atoms with E-state index in [1.807, 2.05) is 0 Å². The number of fused-ring (bicyclic) bond motifs is 4. The Balaban J connectivity index is 0.000000179. The minimum absolute atomic E-state index is 0. The zero-order chi connectivity index (χ0) is 15.7. The Morgan fingerprint density at radius 3 is 1.29 bits per heavy atom. The zero-order valence-corrected chi connectivity index (χ0v) is 15.7. The molecule has 0 saturated heterocycles. The van der Waals surface area contributed by atoms with E-state index in [2.05, 4.69) is 27.7 Å². The predicted molar refractivity (Wildman–Crippen MR) is 110 cm³/mol. The van der Waals surface area contributed by atoms with Crippen LogP contribution in [0.1, 0.15) is 107 Å². The van der Waals surface area contributed by atoms with Crippen LogP contribution in [0.2, 0.25) is 0 Å². The summed E-state index contributed by atoms with van der Waals surface area (Å²) >= 11 is 0. The molecule has 5 atom stereocenters. The molecule has 6 rings (SSSR count). The monoisotopic (exact) mass is 336 g/mol. The van der Waals surface area contributed by atoms with Gasteiger partial charge < -0.3 is 0 Å². The van der Waals surface area contributed by atoms with Gasteiger partial charge in [0, 0.05) is 0 Å². The number of hydrogen-bond donors (Lipinski definition) is 0. The van der Waals surface area contributed by atoms with E-state index in [0.717, 1.165) is 47.3 Å². The van der Waals surface area contributed by atoms with Crippen molar-refractivity contribution < 1.29 is 0 Å². The third-order valence-electron chi connectivity index (χ3n) is 8.10. The van der Waals surface area contributed by atoms with Gasteiger partial charge in [-0.05, 0) is 85.9 Å². The van der Waals surface area contributed by atoms with Crippen LogP contribution < -0.4 is 0 Å². The maximum Gasteiger partial charge on any atom is -0.0381 e. The van der Waals surface area contributed by atoms with Crippen LogP contribution in [0.15, 0.2) is 0 Å². The molecular formula is C24H48. The van der Waals surface area contributed by atoms with E-state index in [-0.39, 0.29) is 14.9 Å². The van der Waals surface area contributed by atoms with Crippen LogP contribution in [0.3, 0.4) is 0 Å². The summed E-state index contributed by atoms with van der Waals surface area (Å²) in [6, 6.07) is 0. The first-order valence-electron chi connectivity index (χ1n) is 10.5. The molecule has 0 heterocycles. The van der Waals surface area contributed by atoms with Crippen LogP contribution in [-0.2, 0) is 0 Å². The van der Waals surface area contributed by atoms with Gasteiger partial charge in [0.1, 0.15) is 0 Å². The Morgan fingerprint density at radius 1 is 0.542 bits per heavy atom. The Hall–Kier alpha value is 0. The summed E-state index contributed by atoms with van der Waals surface area (Å²) in [4.78, 5) is 0. The molecule has 6 aliphatic carbocycles. The van der Waals surface area contributed by atoms with E-state index in [9.17, 15) is 0 Å². The average molecular weight is 337 g/mol. The molecule has 144 valence electrons. The molecule has 0 nitrogen and oxygen atoms in total. The van der Waals surface area contributed by atoms with Crippen LogP contribution in [0.25, 0.3) is 0 Å². The van der Waals surface area contributed by atoms with Gasteiger partial charge in [0.2, 0.25) is 0 Å². The van der Waals surface area contributed by atoms with E-state index in [1.165, 1.54) is 25.7 Å². The summed E-state index contributed by atoms with van der Waals surface area (Å²) in [6.45, 7) is 9.58. The summed E-state index contributed by atoms with van der Waals surface area (Å²) in [5, 5.41) is 0. The summed E-state index contributed by atoms with van der Waals surface area (Å²) in [5.41, 5.74) is 0. The van der Waals surface area contributed by atoms with Crippen molar-refractivity contribution in [2.45, 2.75) is 107 Å². The normalized spacial score (nSPS) is 44.2. The Bertz CT molecular complexity index is 332. The maximum atomic E-state index is 2.44. The Labute approximate surface area is 154 Å². The topological polar surface area (TPSA) is 0 Å². The molecule has 0 aliphatic heterocycles. The second-order valence-corrected chi connectivity index (χ2v) is 9.86. The van der Waals surface area contributed by atoms with Gasteiger partial charge in [-0.2, -0.15) is 0 Å². The third-order valence-corrected chi connectivity index (χ3v) is 8.10. The van der Waals surface area contributed by atoms with E-state index >= 15 is 0 Å². The lowest BCUT2D eigenvalue weighted by atomic mass is 9.57. The summed E-state index contributed by atoms with van der Waals surface area (Å²) in [7, 11) is 0. The zero-order valence-electron chi connectivity index (χ0n) is 15.7. The van der Waals surface area contributed by atoms with E-state index in [0.29, 0.717) is 0 Å². The van der Waals surface area contributed by atoms with Crippen molar-refractivity contribution >= 4 is 0 Å². The molecule has 0 amide bonds. The van der Waals surface area contributed by atoms with Gasteiger partial charge in [-0.1, -0.05) is 68.2 Å². The lowest BCUT2D eigenvalue weighted by molar-refractivity contribution is 0.0154. The largest absolute Gasteiger partial charge is 0.0776 e. The molecule has 6 fully saturated rings. The molecule has 24 heavy (non-hydrogen) atoms. The van der Waals surface area contributed by atoms with Gasteiger partial charge >= 0.3 is 0 Å². The molecule has 0 aromatic carbocycles. The van der Waals surface area contributed by atoms with Gasteiger partial charge in [-0.15, -0.1) is 0 Å². The minimum Gasteiger partial charge on any atom is -0.0776 e. The van der Waals surface area contributed by atoms with Gasteiger partial charge in [-0.25, -0.2) is 0 Å². The standard InChI is InChI=1S/C9H16.C8H14.C5H10.2CH4/c1-6-3-8-4-9(5-8)7(6)2;1-6-4-7-2-3-8(6)5-7;1-5-3-2-4-5;;/h6-9H,3-5H2,1-2H3;6-8H,2-5H2,1H3;5H,2-4H2,1H3;2*1H4/t6-,7?,8?,9?;;;;/m1..../s1. The first-order chi connectivity index (χ1) is 10.5. The average Bonchev–Trinajstić information content (AvgIpc) is 3.01. The molecule has 0 aromatic heterocycles. The quantitative estimate of drug-likeness (QED) is 0.418. The van der Waals surface area contributed by atoms with Crippen LogP contribution >= 0.6 is 0 Å². The van der Waals surface area contributed by atoms with Gasteiger partial charge in [-0.3, -0.25) is 0 Å². The molecule has 6 aliphatic rings. The van der Waals surface area contributed by atoms with Crippen molar-refractivity contribution in [1.29, 1.82) is 0 Å². The minimum atomic E-state index is 0. The van der Waals surface area contributed by atoms with Crippen LogP contribution in [0.4, 0.5) is 0 Å². The first kappa shape index (κ1) is 22.0. The lowest BCUT2D eigenvalue weighted by Crippen LogP contribution is -2.39. The SMILES string of the molecule is C.C.CC1C2CC(C2)C[C@H]1C.CC1CC2CCC1C2.CC1CCC1. The van der Waals surface area contributed by atoms with Gasteiger partial charge in [0.15, 0.2) is 0 Å². The van der Waals surface area contributed by atoms with Crippen LogP contribution in [0, 0.1) is 47.3 Å². The molecule has 0 aromatic rings. The fourth-order valence-corrected chi connectivity index (χ4v) is 5.79. The van der Waals surface area contributed by atoms with Crippen molar-refractivity contribution in [3.05, 3.63) is 0 Å². The Kier molecular flexibility index (Phi) is 8.84. The molecule has 0 heteroatoms. The molecule has 0 spiro atoms. The molecular weight excluding hydrogens is 288 g/mol. The number of rotatable bonds is 0. The molecule has 4 unspecified atom stereocenters. The smallest absolute Gasteiger partial charge is 0.0381 e. The Morgan fingerprint density at radius 2 is 1.08 bits per heavy atom. The van der Waals surface area contributed by atoms with Crippen molar-refractivity contribution in [3.8, 4) is 0 Å². The van der Waals surface area contributed by atoms with Crippen LogP contribution in [0.5, 0.6) is 0 Å². The molecule has 0 N–H and O–H groups in total. The van der Waals surface area contributed by atoms with Crippen LogP contribution in [-0.4, -0.2) is 0 Å². The second-order valence-electron chi connectivity index (χ2n) is 9.86. The summed E-state index contributed by atoms with van der Waals surface area (Å²) < 4.78 is 0. The molecule has 0 radical (unpaired) electrons. The highest BCUT2D eigenvalue weighted by molar-refractivity contribution is 4.91. The fraction of sp³-hybridized carbons (Fsp3) is 1.00. The van der Waals surface area contributed by atoms with Gasteiger partial charge in [0.05, 0.1) is 0 Å². The van der Waals surface area contributed by atoms with Crippen molar-refractivity contribution in [1.82, 2.24) is 0 Å². The third kappa shape index (κ3) is 5.25. The highest BCUT2D eigenvalue weighted by Gasteiger charge is 2.41. The van der Waals surface area contributed by atoms with Crippen molar-refractivity contribution in [3.63, 3.8) is 0 Å². The fourth-order valence-electron chi connectivity index (χ4n) is 5.79.